The van der Waals surface area contributed by atoms with Gasteiger partial charge in [0.15, 0.2) is 0 Å². The first-order valence-corrected chi connectivity index (χ1v) is 2.83. The molecule has 0 bridgehead atoms. The fourth-order valence-electron chi connectivity index (χ4n) is 0.427. The molecular weight excluding hydrogens is 120 g/mol. The standard InChI is InChI=1S/C5H12N2O2/c6-3-4(8)1-2-5(7)9/h4,8H,1-3,6H2,(H2,7,9). The quantitative estimate of drug-likeness (QED) is 0.438. The Morgan fingerprint density at radius 3 is 2.56 bits per heavy atom. The normalized spacial score (nSPS) is 13.1. The maximum Gasteiger partial charge on any atom is 0.217 e. The molecule has 0 saturated carbocycles. The molecule has 1 unspecified atom stereocenters. The van der Waals surface area contributed by atoms with Crippen molar-refractivity contribution in [1.29, 1.82) is 0 Å². The fourth-order valence-corrected chi connectivity index (χ4v) is 0.427. The summed E-state index contributed by atoms with van der Waals surface area (Å²) in [6.45, 7) is 0.188. The van der Waals surface area contributed by atoms with Crippen LogP contribution in [0.1, 0.15) is 12.8 Å². The van der Waals surface area contributed by atoms with Crippen LogP contribution in [0.2, 0.25) is 0 Å². The van der Waals surface area contributed by atoms with E-state index in [2.05, 4.69) is 0 Å². The van der Waals surface area contributed by atoms with Gasteiger partial charge < -0.3 is 16.6 Å². The molecule has 54 valence electrons. The summed E-state index contributed by atoms with van der Waals surface area (Å²) in [7, 11) is 0. The lowest BCUT2D eigenvalue weighted by molar-refractivity contribution is -0.118. The third kappa shape index (κ3) is 5.26. The number of aliphatic hydroxyl groups is 1. The zero-order valence-electron chi connectivity index (χ0n) is 5.21. The third-order valence-electron chi connectivity index (χ3n) is 0.996. The van der Waals surface area contributed by atoms with Crippen molar-refractivity contribution < 1.29 is 9.90 Å². The zero-order chi connectivity index (χ0) is 7.28. The van der Waals surface area contributed by atoms with Crippen LogP contribution in [0.15, 0.2) is 0 Å². The van der Waals surface area contributed by atoms with Gasteiger partial charge in [0.25, 0.3) is 0 Å². The lowest BCUT2D eigenvalue weighted by Crippen LogP contribution is -2.22. The van der Waals surface area contributed by atoms with E-state index in [9.17, 15) is 4.79 Å². The Balaban J connectivity index is 3.16. The number of carbonyl (C=O) groups excluding carboxylic acids is 1. The average Bonchev–Trinajstić information content (AvgIpc) is 1.83. The Hall–Kier alpha value is -0.610. The molecule has 0 saturated heterocycles. The zero-order valence-corrected chi connectivity index (χ0v) is 5.21. The number of carbonyl (C=O) groups is 1. The Morgan fingerprint density at radius 2 is 2.22 bits per heavy atom. The summed E-state index contributed by atoms with van der Waals surface area (Å²) in [6.07, 6.45) is -0.0120. The number of hydrogen-bond donors (Lipinski definition) is 3. The molecule has 1 atom stereocenters. The molecule has 0 aliphatic carbocycles. The van der Waals surface area contributed by atoms with Crippen LogP contribution < -0.4 is 11.5 Å². The molecule has 0 fully saturated rings. The summed E-state index contributed by atoms with van der Waals surface area (Å²) in [5.41, 5.74) is 9.86. The van der Waals surface area contributed by atoms with Crippen LogP contribution in [0, 0.1) is 0 Å². The summed E-state index contributed by atoms with van der Waals surface area (Å²) in [6, 6.07) is 0. The highest BCUT2D eigenvalue weighted by Crippen LogP contribution is 1.92. The maximum absolute atomic E-state index is 10.1. The second-order valence-electron chi connectivity index (χ2n) is 1.89. The van der Waals surface area contributed by atoms with E-state index < -0.39 is 12.0 Å². The minimum absolute atomic E-state index is 0.188. The molecule has 0 aromatic heterocycles. The first-order valence-electron chi connectivity index (χ1n) is 2.83. The van der Waals surface area contributed by atoms with Crippen LogP contribution in [-0.2, 0) is 4.79 Å². The van der Waals surface area contributed by atoms with E-state index in [1.165, 1.54) is 0 Å². The Bertz CT molecular complexity index is 95.0. The molecule has 1 amide bonds. The largest absolute Gasteiger partial charge is 0.392 e. The van der Waals surface area contributed by atoms with Gasteiger partial charge in [-0.15, -0.1) is 0 Å². The van der Waals surface area contributed by atoms with Crippen molar-refractivity contribution in [3.8, 4) is 0 Å². The summed E-state index contributed by atoms with van der Waals surface area (Å²) < 4.78 is 0. The van der Waals surface area contributed by atoms with Crippen LogP contribution in [-0.4, -0.2) is 23.7 Å². The number of hydrogen-bond acceptors (Lipinski definition) is 3. The van der Waals surface area contributed by atoms with E-state index in [4.69, 9.17) is 16.6 Å². The molecule has 9 heavy (non-hydrogen) atoms. The van der Waals surface area contributed by atoms with E-state index in [0.717, 1.165) is 0 Å². The minimum atomic E-state index is -0.586. The van der Waals surface area contributed by atoms with Gasteiger partial charge in [0, 0.05) is 13.0 Å². The van der Waals surface area contributed by atoms with Crippen LogP contribution >= 0.6 is 0 Å². The van der Waals surface area contributed by atoms with E-state index in [1.54, 1.807) is 0 Å². The second kappa shape index (κ2) is 4.29. The van der Waals surface area contributed by atoms with Gasteiger partial charge in [-0.05, 0) is 6.42 Å². The van der Waals surface area contributed by atoms with Crippen LogP contribution in [0.3, 0.4) is 0 Å². The topological polar surface area (TPSA) is 89.3 Å². The summed E-state index contributed by atoms with van der Waals surface area (Å²) in [5.74, 6) is -0.400. The molecule has 0 heterocycles. The van der Waals surface area contributed by atoms with Gasteiger partial charge in [-0.3, -0.25) is 4.79 Å². The molecule has 5 N–H and O–H groups in total. The predicted octanol–water partition coefficient (Wildman–Crippen LogP) is -1.43. The first-order chi connectivity index (χ1) is 4.16. The molecule has 0 aromatic carbocycles. The van der Waals surface area contributed by atoms with Crippen molar-refractivity contribution >= 4 is 5.91 Å². The first kappa shape index (κ1) is 8.39. The van der Waals surface area contributed by atoms with Crippen molar-refractivity contribution in [1.82, 2.24) is 0 Å². The fraction of sp³-hybridized carbons (Fsp3) is 0.800. The monoisotopic (exact) mass is 132 g/mol. The molecule has 0 aliphatic heterocycles. The van der Waals surface area contributed by atoms with Crippen molar-refractivity contribution in [2.45, 2.75) is 18.9 Å². The Kier molecular flexibility index (Phi) is 4.00. The summed E-state index contributed by atoms with van der Waals surface area (Å²) >= 11 is 0. The van der Waals surface area contributed by atoms with E-state index in [0.29, 0.717) is 6.42 Å². The van der Waals surface area contributed by atoms with Crippen LogP contribution in [0.5, 0.6) is 0 Å². The van der Waals surface area contributed by atoms with Gasteiger partial charge in [-0.25, -0.2) is 0 Å². The smallest absolute Gasteiger partial charge is 0.217 e. The maximum atomic E-state index is 10.1. The Labute approximate surface area is 53.8 Å². The summed E-state index contributed by atoms with van der Waals surface area (Å²) in [5, 5.41) is 8.77. The number of primary amides is 1. The third-order valence-corrected chi connectivity index (χ3v) is 0.996. The molecule has 0 aromatic rings. The molecule has 0 aliphatic rings. The van der Waals surface area contributed by atoms with Crippen LogP contribution in [0.4, 0.5) is 0 Å². The van der Waals surface area contributed by atoms with E-state index in [1.807, 2.05) is 0 Å². The van der Waals surface area contributed by atoms with Gasteiger partial charge in [0.1, 0.15) is 0 Å². The van der Waals surface area contributed by atoms with E-state index >= 15 is 0 Å². The lowest BCUT2D eigenvalue weighted by Gasteiger charge is -2.03. The summed E-state index contributed by atoms with van der Waals surface area (Å²) in [4.78, 5) is 10.1. The molecule has 4 heteroatoms. The highest BCUT2D eigenvalue weighted by atomic mass is 16.3. The van der Waals surface area contributed by atoms with Gasteiger partial charge in [0.2, 0.25) is 5.91 Å². The number of amides is 1. The van der Waals surface area contributed by atoms with Crippen molar-refractivity contribution in [3.63, 3.8) is 0 Å². The number of aliphatic hydroxyl groups excluding tert-OH is 1. The SMILES string of the molecule is NCC(O)CCC(N)=O. The molecule has 0 radical (unpaired) electrons. The van der Waals surface area contributed by atoms with Gasteiger partial charge in [-0.2, -0.15) is 0 Å². The van der Waals surface area contributed by atoms with Crippen molar-refractivity contribution in [3.05, 3.63) is 0 Å². The highest BCUT2D eigenvalue weighted by Gasteiger charge is 2.01. The molecule has 4 nitrogen and oxygen atoms in total. The Morgan fingerprint density at radius 1 is 1.67 bits per heavy atom. The highest BCUT2D eigenvalue weighted by molar-refractivity contribution is 5.73. The molecule has 0 rings (SSSR count). The van der Waals surface area contributed by atoms with E-state index in [-0.39, 0.29) is 13.0 Å². The number of nitrogens with two attached hydrogens (primary N) is 2. The lowest BCUT2D eigenvalue weighted by atomic mass is 10.2. The van der Waals surface area contributed by atoms with Crippen molar-refractivity contribution in [2.75, 3.05) is 6.54 Å². The van der Waals surface area contributed by atoms with Crippen molar-refractivity contribution in [2.24, 2.45) is 11.5 Å². The van der Waals surface area contributed by atoms with Gasteiger partial charge >= 0.3 is 0 Å². The van der Waals surface area contributed by atoms with Gasteiger partial charge in [-0.1, -0.05) is 0 Å². The van der Waals surface area contributed by atoms with Crippen LogP contribution in [0.25, 0.3) is 0 Å². The van der Waals surface area contributed by atoms with Gasteiger partial charge in [0.05, 0.1) is 6.10 Å². The molecule has 0 spiro atoms. The molecular formula is C5H12N2O2. The predicted molar refractivity (Wildman–Crippen MR) is 33.5 cm³/mol. The average molecular weight is 132 g/mol. The minimum Gasteiger partial charge on any atom is -0.392 e. The number of rotatable bonds is 4. The second-order valence-corrected chi connectivity index (χ2v) is 1.89.